The van der Waals surface area contributed by atoms with E-state index in [9.17, 15) is 0 Å². The number of rotatable bonds is 20. The van der Waals surface area contributed by atoms with Crippen LogP contribution in [0.3, 0.4) is 0 Å². The zero-order chi connectivity index (χ0) is 22.9. The Morgan fingerprint density at radius 1 is 0.781 bits per heavy atom. The van der Waals surface area contributed by atoms with Crippen LogP contribution >= 0.6 is 0 Å². The molecule has 0 saturated carbocycles. The van der Waals surface area contributed by atoms with Gasteiger partial charge >= 0.3 is 0 Å². The average Bonchev–Trinajstić information content (AvgIpc) is 3.24. The SMILES string of the molecule is CCCCCCCCCCCCCCCCOCCC[C](C)n1cnc2c(N)ncnc21. The van der Waals surface area contributed by atoms with Crippen LogP contribution in [-0.2, 0) is 4.74 Å². The molecule has 0 bridgehead atoms. The lowest BCUT2D eigenvalue weighted by molar-refractivity contribution is 0.126. The molecular formula is C26H46N5O. The molecule has 2 heterocycles. The van der Waals surface area contributed by atoms with Crippen molar-refractivity contribution in [2.45, 2.75) is 117 Å². The zero-order valence-corrected chi connectivity index (χ0v) is 20.7. The Bertz CT molecular complexity index is 717. The first-order valence-electron chi connectivity index (χ1n) is 13.1. The third-order valence-electron chi connectivity index (χ3n) is 6.24. The van der Waals surface area contributed by atoms with Crippen LogP contribution in [0.15, 0.2) is 12.7 Å². The highest BCUT2D eigenvalue weighted by molar-refractivity contribution is 5.81. The van der Waals surface area contributed by atoms with Gasteiger partial charge in [0.25, 0.3) is 0 Å². The molecule has 2 rings (SSSR count). The number of imidazole rings is 1. The average molecular weight is 445 g/mol. The highest BCUT2D eigenvalue weighted by atomic mass is 16.5. The maximum atomic E-state index is 5.86. The summed E-state index contributed by atoms with van der Waals surface area (Å²) in [6.45, 7) is 6.08. The monoisotopic (exact) mass is 444 g/mol. The van der Waals surface area contributed by atoms with Gasteiger partial charge in [0.15, 0.2) is 11.5 Å². The van der Waals surface area contributed by atoms with Crippen LogP contribution < -0.4 is 5.73 Å². The van der Waals surface area contributed by atoms with Gasteiger partial charge in [0.1, 0.15) is 11.8 Å². The van der Waals surface area contributed by atoms with Crippen molar-refractivity contribution in [1.82, 2.24) is 19.5 Å². The fourth-order valence-corrected chi connectivity index (χ4v) is 4.18. The van der Waals surface area contributed by atoms with E-state index in [1.165, 1.54) is 102 Å². The molecule has 0 aliphatic rings. The summed E-state index contributed by atoms with van der Waals surface area (Å²) in [5, 5.41) is 0. The van der Waals surface area contributed by atoms with E-state index in [4.69, 9.17) is 10.5 Å². The molecule has 6 heteroatoms. The van der Waals surface area contributed by atoms with E-state index < -0.39 is 0 Å². The van der Waals surface area contributed by atoms with Gasteiger partial charge in [-0.2, -0.15) is 0 Å². The van der Waals surface area contributed by atoms with Gasteiger partial charge in [-0.1, -0.05) is 90.4 Å². The first-order chi connectivity index (χ1) is 15.7. The topological polar surface area (TPSA) is 78.9 Å². The number of fused-ring (bicyclic) bond motifs is 1. The number of hydrogen-bond donors (Lipinski definition) is 1. The number of nitrogen functional groups attached to an aromatic ring is 1. The predicted octanol–water partition coefficient (Wildman–Crippen LogP) is 7.09. The molecule has 0 spiro atoms. The van der Waals surface area contributed by atoms with Crippen molar-refractivity contribution in [2.75, 3.05) is 18.9 Å². The molecule has 2 N–H and O–H groups in total. The summed E-state index contributed by atoms with van der Waals surface area (Å²) in [7, 11) is 0. The van der Waals surface area contributed by atoms with Crippen molar-refractivity contribution < 1.29 is 4.74 Å². The highest BCUT2D eigenvalue weighted by Crippen LogP contribution is 2.20. The lowest BCUT2D eigenvalue weighted by Gasteiger charge is -2.12. The minimum Gasteiger partial charge on any atom is -0.382 e. The minimum atomic E-state index is 0.429. The van der Waals surface area contributed by atoms with Crippen molar-refractivity contribution in [3.8, 4) is 0 Å². The molecule has 0 saturated heterocycles. The van der Waals surface area contributed by atoms with Crippen molar-refractivity contribution >= 4 is 17.0 Å². The Hall–Kier alpha value is -1.69. The molecule has 2 aromatic rings. The fraction of sp³-hybridized carbons (Fsp3) is 0.769. The Labute approximate surface area is 195 Å². The molecule has 0 aliphatic heterocycles. The maximum absolute atomic E-state index is 5.86. The molecule has 0 fully saturated rings. The van der Waals surface area contributed by atoms with E-state index >= 15 is 0 Å². The summed E-state index contributed by atoms with van der Waals surface area (Å²) in [5.41, 5.74) is 7.31. The van der Waals surface area contributed by atoms with Gasteiger partial charge in [-0.3, -0.25) is 0 Å². The molecule has 181 valence electrons. The Balaban J connectivity index is 1.36. The van der Waals surface area contributed by atoms with Crippen LogP contribution in [0.25, 0.3) is 11.2 Å². The second-order valence-electron chi connectivity index (χ2n) is 9.09. The van der Waals surface area contributed by atoms with Crippen molar-refractivity contribution in [3.63, 3.8) is 0 Å². The van der Waals surface area contributed by atoms with E-state index in [1.54, 1.807) is 6.33 Å². The molecule has 0 unspecified atom stereocenters. The molecule has 0 aliphatic carbocycles. The second-order valence-corrected chi connectivity index (χ2v) is 9.09. The van der Waals surface area contributed by atoms with E-state index in [1.807, 2.05) is 4.57 Å². The number of unbranched alkanes of at least 4 members (excludes halogenated alkanes) is 13. The standard InChI is InChI=1S/C26H46N5O/c1-3-4-5-6-7-8-9-10-11-12-13-14-15-16-19-32-20-17-18-23(2)31-22-30-24-25(27)28-21-29-26(24)31/h21-22H,3-20H2,1-2H3,(H2,27,28,29). The molecule has 6 nitrogen and oxygen atoms in total. The van der Waals surface area contributed by atoms with E-state index in [0.29, 0.717) is 11.3 Å². The predicted molar refractivity (Wildman–Crippen MR) is 134 cm³/mol. The lowest BCUT2D eigenvalue weighted by Crippen LogP contribution is -2.08. The number of hydrogen-bond acceptors (Lipinski definition) is 5. The fourth-order valence-electron chi connectivity index (χ4n) is 4.18. The van der Waals surface area contributed by atoms with Crippen LogP contribution in [0.1, 0.15) is 117 Å². The molecule has 1 radical (unpaired) electrons. The van der Waals surface area contributed by atoms with Crippen LogP contribution in [0.4, 0.5) is 5.82 Å². The van der Waals surface area contributed by atoms with Crippen molar-refractivity contribution in [2.24, 2.45) is 0 Å². The molecule has 32 heavy (non-hydrogen) atoms. The first-order valence-corrected chi connectivity index (χ1v) is 13.1. The van der Waals surface area contributed by atoms with Crippen molar-refractivity contribution in [3.05, 3.63) is 18.7 Å². The Morgan fingerprint density at radius 3 is 1.97 bits per heavy atom. The van der Waals surface area contributed by atoms with Gasteiger partial charge in [-0.05, 0) is 26.2 Å². The summed E-state index contributed by atoms with van der Waals surface area (Å²) < 4.78 is 7.83. The van der Waals surface area contributed by atoms with E-state index in [0.717, 1.165) is 31.7 Å². The summed E-state index contributed by atoms with van der Waals surface area (Å²) in [6, 6.07) is 1.20. The quantitative estimate of drug-likeness (QED) is 0.221. The Kier molecular flexibility index (Phi) is 14.0. The molecule has 0 atom stereocenters. The summed E-state index contributed by atoms with van der Waals surface area (Å²) in [5.74, 6) is 0.429. The van der Waals surface area contributed by atoms with Crippen molar-refractivity contribution in [1.29, 1.82) is 0 Å². The summed E-state index contributed by atoms with van der Waals surface area (Å²) in [6.07, 6.45) is 24.7. The number of ether oxygens (including phenoxy) is 1. The van der Waals surface area contributed by atoms with Gasteiger partial charge < -0.3 is 15.0 Å². The van der Waals surface area contributed by atoms with Crippen LogP contribution in [0, 0.1) is 6.04 Å². The first kappa shape index (κ1) is 26.6. The van der Waals surface area contributed by atoms with Gasteiger partial charge in [0, 0.05) is 13.2 Å². The normalized spacial score (nSPS) is 11.7. The summed E-state index contributed by atoms with van der Waals surface area (Å²) >= 11 is 0. The number of anilines is 1. The van der Waals surface area contributed by atoms with E-state index in [-0.39, 0.29) is 0 Å². The van der Waals surface area contributed by atoms with Gasteiger partial charge in [0.05, 0.1) is 12.4 Å². The number of nitrogens with two attached hydrogens (primary N) is 1. The molecule has 0 aromatic carbocycles. The number of aromatic nitrogens is 4. The smallest absolute Gasteiger partial charge is 0.166 e. The number of nitrogens with zero attached hydrogens (tertiary/aromatic N) is 4. The third-order valence-corrected chi connectivity index (χ3v) is 6.24. The second kappa shape index (κ2) is 16.9. The zero-order valence-electron chi connectivity index (χ0n) is 20.7. The lowest BCUT2D eigenvalue weighted by atomic mass is 10.0. The summed E-state index contributed by atoms with van der Waals surface area (Å²) in [4.78, 5) is 12.6. The van der Waals surface area contributed by atoms with Gasteiger partial charge in [0.2, 0.25) is 0 Å². The maximum Gasteiger partial charge on any atom is 0.166 e. The highest BCUT2D eigenvalue weighted by Gasteiger charge is 2.13. The molecule has 2 aromatic heterocycles. The third kappa shape index (κ3) is 10.3. The van der Waals surface area contributed by atoms with Crippen LogP contribution in [0.2, 0.25) is 0 Å². The van der Waals surface area contributed by atoms with Crippen LogP contribution in [0.5, 0.6) is 0 Å². The molecular weight excluding hydrogens is 398 g/mol. The van der Waals surface area contributed by atoms with E-state index in [2.05, 4.69) is 28.8 Å². The largest absolute Gasteiger partial charge is 0.382 e. The minimum absolute atomic E-state index is 0.429. The van der Waals surface area contributed by atoms with Gasteiger partial charge in [-0.15, -0.1) is 0 Å². The van der Waals surface area contributed by atoms with Gasteiger partial charge in [-0.25, -0.2) is 15.0 Å². The molecule has 0 amide bonds. The van der Waals surface area contributed by atoms with Crippen LogP contribution in [-0.4, -0.2) is 32.7 Å². The Morgan fingerprint density at radius 2 is 1.34 bits per heavy atom.